The molecule has 3 aromatic rings. The Morgan fingerprint density at radius 3 is 2.58 bits per heavy atom. The summed E-state index contributed by atoms with van der Waals surface area (Å²) in [5, 5.41) is 8.43. The lowest BCUT2D eigenvalue weighted by atomic mass is 9.90. The summed E-state index contributed by atoms with van der Waals surface area (Å²) in [6.45, 7) is 7.92. The maximum Gasteiger partial charge on any atom is 0.329 e. The van der Waals surface area contributed by atoms with E-state index in [-0.39, 0.29) is 10.8 Å². The number of unbranched alkanes of at least 4 members (excludes halogenated alkanes) is 1. The number of benzene rings is 1. The normalized spacial score (nSPS) is 18.2. The summed E-state index contributed by atoms with van der Waals surface area (Å²) < 4.78 is 33.6. The zero-order valence-electron chi connectivity index (χ0n) is 26.4. The van der Waals surface area contributed by atoms with E-state index in [1.54, 1.807) is 38.3 Å². The van der Waals surface area contributed by atoms with Crippen molar-refractivity contribution in [3.63, 3.8) is 0 Å². The number of nitrogens with two attached hydrogens (primary N) is 1. The van der Waals surface area contributed by atoms with E-state index < -0.39 is 57.3 Å². The summed E-state index contributed by atoms with van der Waals surface area (Å²) >= 11 is 1.14. The van der Waals surface area contributed by atoms with Crippen LogP contribution in [0.3, 0.4) is 0 Å². The number of hydrogen-bond acceptors (Lipinski definition) is 8. The summed E-state index contributed by atoms with van der Waals surface area (Å²) in [7, 11) is -3.73. The monoisotopic (exact) mass is 659 g/mol. The van der Waals surface area contributed by atoms with Crippen molar-refractivity contribution >= 4 is 50.0 Å². The van der Waals surface area contributed by atoms with E-state index in [0.717, 1.165) is 27.8 Å². The Hall–Kier alpha value is -3.26. The number of nitrogens with one attached hydrogen (secondary N) is 3. The van der Waals surface area contributed by atoms with Crippen LogP contribution < -0.4 is 16.4 Å². The number of ether oxygens (including phenoxy) is 1. The Labute approximate surface area is 269 Å². The second-order valence-corrected chi connectivity index (χ2v) is 15.7. The fourth-order valence-electron chi connectivity index (χ4n) is 5.63. The number of thiophene rings is 1. The Kier molecular flexibility index (Phi) is 11.5. The third kappa shape index (κ3) is 8.72. The van der Waals surface area contributed by atoms with Gasteiger partial charge in [-0.15, -0.1) is 11.3 Å². The predicted octanol–water partition coefficient (Wildman–Crippen LogP) is 3.87. The number of nitrogens with zero attached hydrogens (tertiary/aromatic N) is 1. The molecule has 0 saturated carbocycles. The van der Waals surface area contributed by atoms with E-state index in [9.17, 15) is 22.8 Å². The van der Waals surface area contributed by atoms with Crippen molar-refractivity contribution in [2.45, 2.75) is 87.6 Å². The lowest BCUT2D eigenvalue weighted by molar-refractivity contribution is -0.159. The number of carbonyl (C=O) groups excluding carboxylic acids is 3. The van der Waals surface area contributed by atoms with Gasteiger partial charge in [0.05, 0.1) is 5.92 Å². The zero-order valence-corrected chi connectivity index (χ0v) is 28.0. The summed E-state index contributed by atoms with van der Waals surface area (Å²) in [5.41, 5.74) is 6.64. The topological polar surface area (TPSA) is 164 Å². The lowest BCUT2D eigenvalue weighted by Crippen LogP contribution is -2.56. The van der Waals surface area contributed by atoms with Crippen molar-refractivity contribution in [3.8, 4) is 0 Å². The van der Waals surface area contributed by atoms with E-state index in [2.05, 4.69) is 15.6 Å². The summed E-state index contributed by atoms with van der Waals surface area (Å²) in [6.07, 6.45) is 4.43. The molecule has 0 aliphatic carbocycles. The fourth-order valence-corrected chi connectivity index (χ4v) is 8.30. The van der Waals surface area contributed by atoms with Gasteiger partial charge in [0.15, 0.2) is 0 Å². The Morgan fingerprint density at radius 1 is 1.13 bits per heavy atom. The molecule has 11 nitrogen and oxygen atoms in total. The maximum atomic E-state index is 14.1. The molecule has 2 aromatic heterocycles. The number of carbonyl (C=O) groups is 3. The van der Waals surface area contributed by atoms with E-state index in [1.807, 2.05) is 37.4 Å². The van der Waals surface area contributed by atoms with Gasteiger partial charge in [-0.3, -0.25) is 9.59 Å². The molecule has 1 saturated heterocycles. The number of aromatic amines is 1. The Balaban J connectivity index is 1.59. The molecule has 0 bridgehead atoms. The van der Waals surface area contributed by atoms with Gasteiger partial charge in [0.1, 0.15) is 21.9 Å². The highest BCUT2D eigenvalue weighted by molar-refractivity contribution is 7.91. The van der Waals surface area contributed by atoms with E-state index >= 15 is 0 Å². The van der Waals surface area contributed by atoms with Crippen LogP contribution >= 0.6 is 11.3 Å². The van der Waals surface area contributed by atoms with Crippen molar-refractivity contribution in [2.24, 2.45) is 11.7 Å². The Bertz CT molecular complexity index is 1560. The quantitative estimate of drug-likeness (QED) is 0.160. The van der Waals surface area contributed by atoms with Crippen LogP contribution in [0.15, 0.2) is 52.2 Å². The van der Waals surface area contributed by atoms with E-state index in [4.69, 9.17) is 10.5 Å². The van der Waals surface area contributed by atoms with Crippen LogP contribution in [0.5, 0.6) is 0 Å². The first-order valence-corrected chi connectivity index (χ1v) is 17.8. The number of para-hydroxylation sites is 1. The standard InChI is InChI=1S/C32H45N5O6S2/c1-21(24-19-34-25-13-6-5-12-23(24)25)28(30(39)35-26(14-7-8-16-33)31(40)43-32(2,3)4)36-29(38)22-11-9-17-37(20-22)45(41,42)27-15-10-18-44-27/h5-6,10,12-13,15,18-19,21-22,26,28,34H,7-9,11,14,16-17,20,33H2,1-4H3,(H,35,39)(H,36,38)/t21?,22?,26-,28+/m0/s1. The van der Waals surface area contributed by atoms with Gasteiger partial charge in [0.25, 0.3) is 10.0 Å². The first-order valence-electron chi connectivity index (χ1n) is 15.4. The fraction of sp³-hybridized carbons (Fsp3) is 0.531. The van der Waals surface area contributed by atoms with Crippen molar-refractivity contribution in [3.05, 3.63) is 53.5 Å². The van der Waals surface area contributed by atoms with Crippen LogP contribution in [-0.4, -0.2) is 72.8 Å². The first kappa shape index (κ1) is 34.6. The average molecular weight is 660 g/mol. The molecule has 4 rings (SSSR count). The minimum atomic E-state index is -3.73. The molecular weight excluding hydrogens is 615 g/mol. The predicted molar refractivity (Wildman–Crippen MR) is 175 cm³/mol. The summed E-state index contributed by atoms with van der Waals surface area (Å²) in [5.74, 6) is -2.64. The number of aromatic nitrogens is 1. The van der Waals surface area contributed by atoms with E-state index in [1.165, 1.54) is 4.31 Å². The highest BCUT2D eigenvalue weighted by Gasteiger charge is 2.38. The average Bonchev–Trinajstić information content (AvgIpc) is 3.69. The third-order valence-corrected chi connectivity index (χ3v) is 11.2. The summed E-state index contributed by atoms with van der Waals surface area (Å²) in [6, 6.07) is 8.94. The first-order chi connectivity index (χ1) is 21.3. The number of rotatable bonds is 13. The van der Waals surface area contributed by atoms with Gasteiger partial charge < -0.3 is 26.1 Å². The van der Waals surface area contributed by atoms with Gasteiger partial charge in [-0.1, -0.05) is 31.2 Å². The molecular formula is C32H45N5O6S2. The van der Waals surface area contributed by atoms with Gasteiger partial charge in [0.2, 0.25) is 11.8 Å². The maximum absolute atomic E-state index is 14.1. The SMILES string of the molecule is CC(c1c[nH]c2ccccc12)[C@@H](NC(=O)C1CCCN(S(=O)(=O)c2cccs2)C1)C(=O)N[C@@H](CCCCN)C(=O)OC(C)(C)C. The number of hydrogen-bond donors (Lipinski definition) is 4. The highest BCUT2D eigenvalue weighted by atomic mass is 32.2. The zero-order chi connectivity index (χ0) is 32.8. The van der Waals surface area contributed by atoms with Gasteiger partial charge in [0, 0.05) is 36.1 Å². The van der Waals surface area contributed by atoms with Gasteiger partial charge in [-0.25, -0.2) is 13.2 Å². The molecule has 2 amide bonds. The number of amides is 2. The van der Waals surface area contributed by atoms with Gasteiger partial charge >= 0.3 is 5.97 Å². The largest absolute Gasteiger partial charge is 0.458 e. The highest BCUT2D eigenvalue weighted by Crippen LogP contribution is 2.30. The van der Waals surface area contributed by atoms with Crippen molar-refractivity contribution in [2.75, 3.05) is 19.6 Å². The molecule has 1 aromatic carbocycles. The number of sulfonamides is 1. The van der Waals surface area contributed by atoms with Crippen LogP contribution in [0.2, 0.25) is 0 Å². The van der Waals surface area contributed by atoms with Crippen LogP contribution in [0.25, 0.3) is 10.9 Å². The second-order valence-electron chi connectivity index (χ2n) is 12.6. The number of esters is 1. The molecule has 5 N–H and O–H groups in total. The second kappa shape index (κ2) is 14.9. The molecule has 13 heteroatoms. The third-order valence-electron chi connectivity index (χ3n) is 7.99. The molecule has 1 fully saturated rings. The van der Waals surface area contributed by atoms with Crippen molar-refractivity contribution in [1.82, 2.24) is 19.9 Å². The smallest absolute Gasteiger partial charge is 0.329 e. The number of fused-ring (bicyclic) bond motifs is 1. The van der Waals surface area contributed by atoms with Crippen molar-refractivity contribution < 1.29 is 27.5 Å². The molecule has 246 valence electrons. The molecule has 45 heavy (non-hydrogen) atoms. The van der Waals surface area contributed by atoms with Crippen molar-refractivity contribution in [1.29, 1.82) is 0 Å². The summed E-state index contributed by atoms with van der Waals surface area (Å²) in [4.78, 5) is 44.2. The number of piperidine rings is 1. The molecule has 0 radical (unpaired) electrons. The molecule has 2 unspecified atom stereocenters. The van der Waals surface area contributed by atoms with Crippen LogP contribution in [0.1, 0.15) is 71.3 Å². The van der Waals surface area contributed by atoms with Gasteiger partial charge in [-0.2, -0.15) is 4.31 Å². The lowest BCUT2D eigenvalue weighted by Gasteiger charge is -2.33. The van der Waals surface area contributed by atoms with Crippen LogP contribution in [0, 0.1) is 5.92 Å². The Morgan fingerprint density at radius 2 is 1.89 bits per heavy atom. The molecule has 0 spiro atoms. The van der Waals surface area contributed by atoms with Crippen LogP contribution in [0.4, 0.5) is 0 Å². The molecule has 4 atom stereocenters. The molecule has 1 aliphatic heterocycles. The van der Waals surface area contributed by atoms with Crippen LogP contribution in [-0.2, 0) is 29.1 Å². The van der Waals surface area contributed by atoms with E-state index in [0.29, 0.717) is 45.2 Å². The molecule has 1 aliphatic rings. The minimum Gasteiger partial charge on any atom is -0.458 e. The molecule has 3 heterocycles. The minimum absolute atomic E-state index is 0.0154. The van der Waals surface area contributed by atoms with Gasteiger partial charge in [-0.05, 0) is 82.5 Å². The number of H-pyrrole nitrogens is 1.